The number of hydrogen-bond donors (Lipinski definition) is 1. The fourth-order valence-electron chi connectivity index (χ4n) is 4.27. The zero-order valence-corrected chi connectivity index (χ0v) is 21.2. The van der Waals surface area contributed by atoms with Crippen LogP contribution < -0.4 is 5.32 Å². The first-order valence-electron chi connectivity index (χ1n) is 13.5. The van der Waals surface area contributed by atoms with Crippen molar-refractivity contribution in [3.63, 3.8) is 0 Å². The standard InChI is InChI=1S/C27H58N2/c1-6-7-8-9-10-11-12-13-14-15-16-17-18-19-20-21-22-28-25-29(23-26(2)3)24-27(4)5/h26-28H,6-25H2,1-5H3. The lowest BCUT2D eigenvalue weighted by Gasteiger charge is -2.26. The van der Waals surface area contributed by atoms with E-state index in [-0.39, 0.29) is 0 Å². The van der Waals surface area contributed by atoms with Crippen LogP contribution in [0.25, 0.3) is 0 Å². The Hall–Kier alpha value is -0.0800. The van der Waals surface area contributed by atoms with Crippen LogP contribution in [0.2, 0.25) is 0 Å². The number of rotatable bonds is 23. The molecule has 1 N–H and O–H groups in total. The fourth-order valence-corrected chi connectivity index (χ4v) is 4.27. The molecule has 0 fully saturated rings. The van der Waals surface area contributed by atoms with Crippen molar-refractivity contribution in [1.82, 2.24) is 10.2 Å². The summed E-state index contributed by atoms with van der Waals surface area (Å²) in [5.41, 5.74) is 0. The van der Waals surface area contributed by atoms with Gasteiger partial charge in [-0.3, -0.25) is 4.90 Å². The predicted molar refractivity (Wildman–Crippen MR) is 134 cm³/mol. The van der Waals surface area contributed by atoms with E-state index in [9.17, 15) is 0 Å². The van der Waals surface area contributed by atoms with Gasteiger partial charge in [-0.2, -0.15) is 0 Å². The molecule has 29 heavy (non-hydrogen) atoms. The van der Waals surface area contributed by atoms with Crippen LogP contribution >= 0.6 is 0 Å². The van der Waals surface area contributed by atoms with E-state index < -0.39 is 0 Å². The van der Waals surface area contributed by atoms with Crippen LogP contribution in [0.3, 0.4) is 0 Å². The average molecular weight is 411 g/mol. The Labute approximate surface area is 186 Å². The van der Waals surface area contributed by atoms with Crippen LogP contribution in [0.4, 0.5) is 0 Å². The Morgan fingerprint density at radius 3 is 1.21 bits per heavy atom. The predicted octanol–water partition coefficient (Wildman–Crippen LogP) is 8.41. The number of unbranched alkanes of at least 4 members (excludes halogenated alkanes) is 15. The third kappa shape index (κ3) is 24.1. The van der Waals surface area contributed by atoms with E-state index >= 15 is 0 Å². The zero-order valence-electron chi connectivity index (χ0n) is 21.2. The molecule has 2 heteroatoms. The first kappa shape index (κ1) is 28.9. The molecular formula is C27H58N2. The van der Waals surface area contributed by atoms with E-state index in [2.05, 4.69) is 44.8 Å². The fraction of sp³-hybridized carbons (Fsp3) is 1.00. The maximum atomic E-state index is 3.67. The van der Waals surface area contributed by atoms with Gasteiger partial charge in [0.25, 0.3) is 0 Å². The molecule has 0 aliphatic rings. The second-order valence-corrected chi connectivity index (χ2v) is 10.3. The molecule has 0 bridgehead atoms. The molecule has 0 radical (unpaired) electrons. The Morgan fingerprint density at radius 2 is 0.862 bits per heavy atom. The zero-order chi connectivity index (χ0) is 21.6. The molecule has 0 heterocycles. The van der Waals surface area contributed by atoms with Gasteiger partial charge in [-0.15, -0.1) is 0 Å². The molecule has 0 aromatic heterocycles. The minimum atomic E-state index is 0.756. The molecule has 0 spiro atoms. The minimum absolute atomic E-state index is 0.756. The molecule has 176 valence electrons. The van der Waals surface area contributed by atoms with E-state index in [1.165, 1.54) is 122 Å². The quantitative estimate of drug-likeness (QED) is 0.134. The number of nitrogens with zero attached hydrogens (tertiary/aromatic N) is 1. The minimum Gasteiger partial charge on any atom is -0.304 e. The Morgan fingerprint density at radius 1 is 0.517 bits per heavy atom. The molecule has 0 aliphatic carbocycles. The Bertz CT molecular complexity index is 291. The Balaban J connectivity index is 3.26. The molecule has 0 aromatic rings. The van der Waals surface area contributed by atoms with Gasteiger partial charge in [0.15, 0.2) is 0 Å². The highest BCUT2D eigenvalue weighted by Crippen LogP contribution is 2.13. The van der Waals surface area contributed by atoms with Gasteiger partial charge in [0.1, 0.15) is 0 Å². The van der Waals surface area contributed by atoms with Crippen molar-refractivity contribution in [1.29, 1.82) is 0 Å². The van der Waals surface area contributed by atoms with Crippen LogP contribution in [0.5, 0.6) is 0 Å². The van der Waals surface area contributed by atoms with E-state index in [1.807, 2.05) is 0 Å². The van der Waals surface area contributed by atoms with E-state index in [0.717, 1.165) is 18.5 Å². The van der Waals surface area contributed by atoms with Crippen molar-refractivity contribution in [3.8, 4) is 0 Å². The van der Waals surface area contributed by atoms with Crippen molar-refractivity contribution < 1.29 is 0 Å². The van der Waals surface area contributed by atoms with Gasteiger partial charge in [0.05, 0.1) is 0 Å². The third-order valence-corrected chi connectivity index (χ3v) is 5.79. The molecule has 2 nitrogen and oxygen atoms in total. The van der Waals surface area contributed by atoms with E-state index in [1.54, 1.807) is 0 Å². The van der Waals surface area contributed by atoms with Gasteiger partial charge in [-0.05, 0) is 24.8 Å². The van der Waals surface area contributed by atoms with Crippen LogP contribution in [-0.2, 0) is 0 Å². The summed E-state index contributed by atoms with van der Waals surface area (Å²) >= 11 is 0. The summed E-state index contributed by atoms with van der Waals surface area (Å²) in [7, 11) is 0. The highest BCUT2D eigenvalue weighted by molar-refractivity contribution is 4.62. The summed E-state index contributed by atoms with van der Waals surface area (Å²) in [4.78, 5) is 2.59. The molecule has 0 unspecified atom stereocenters. The van der Waals surface area contributed by atoms with Gasteiger partial charge in [0.2, 0.25) is 0 Å². The van der Waals surface area contributed by atoms with Crippen molar-refractivity contribution in [2.75, 3.05) is 26.3 Å². The van der Waals surface area contributed by atoms with Crippen molar-refractivity contribution >= 4 is 0 Å². The SMILES string of the molecule is CCCCCCCCCCCCCCCCCCNCN(CC(C)C)CC(C)C. The maximum absolute atomic E-state index is 3.67. The second-order valence-electron chi connectivity index (χ2n) is 10.3. The van der Waals surface area contributed by atoms with Crippen LogP contribution in [0, 0.1) is 11.8 Å². The first-order valence-corrected chi connectivity index (χ1v) is 13.5. The second kappa shape index (κ2) is 22.6. The summed E-state index contributed by atoms with van der Waals surface area (Å²) in [6.07, 6.45) is 23.1. The van der Waals surface area contributed by atoms with E-state index in [4.69, 9.17) is 0 Å². The lowest BCUT2D eigenvalue weighted by molar-refractivity contribution is 0.203. The average Bonchev–Trinajstić information content (AvgIpc) is 2.66. The molecule has 0 atom stereocenters. The van der Waals surface area contributed by atoms with Gasteiger partial charge in [0, 0.05) is 19.8 Å². The third-order valence-electron chi connectivity index (χ3n) is 5.79. The summed E-state index contributed by atoms with van der Waals surface area (Å²) in [6, 6.07) is 0. The highest BCUT2D eigenvalue weighted by Gasteiger charge is 2.08. The molecule has 0 amide bonds. The maximum Gasteiger partial charge on any atom is 0.0480 e. The molecule has 0 rings (SSSR count). The van der Waals surface area contributed by atoms with Crippen LogP contribution in [-0.4, -0.2) is 31.2 Å². The Kier molecular flexibility index (Phi) is 22.5. The van der Waals surface area contributed by atoms with Crippen molar-refractivity contribution in [3.05, 3.63) is 0 Å². The first-order chi connectivity index (χ1) is 14.1. The van der Waals surface area contributed by atoms with Crippen LogP contribution in [0.1, 0.15) is 137 Å². The lowest BCUT2D eigenvalue weighted by Crippen LogP contribution is -2.39. The monoisotopic (exact) mass is 410 g/mol. The molecule has 0 saturated heterocycles. The molecule has 0 aromatic carbocycles. The van der Waals surface area contributed by atoms with Crippen LogP contribution in [0.15, 0.2) is 0 Å². The number of nitrogens with one attached hydrogen (secondary N) is 1. The van der Waals surface area contributed by atoms with Gasteiger partial charge >= 0.3 is 0 Å². The highest BCUT2D eigenvalue weighted by atomic mass is 15.2. The topological polar surface area (TPSA) is 15.3 Å². The van der Waals surface area contributed by atoms with Crippen molar-refractivity contribution in [2.45, 2.75) is 137 Å². The van der Waals surface area contributed by atoms with Gasteiger partial charge < -0.3 is 5.32 Å². The van der Waals surface area contributed by atoms with Gasteiger partial charge in [-0.1, -0.05) is 131 Å². The largest absolute Gasteiger partial charge is 0.304 e. The lowest BCUT2D eigenvalue weighted by atomic mass is 10.0. The normalized spacial score (nSPS) is 12.0. The summed E-state index contributed by atoms with van der Waals surface area (Å²) in [6.45, 7) is 16.3. The molecule has 0 saturated carbocycles. The molecular weight excluding hydrogens is 352 g/mol. The number of hydrogen-bond acceptors (Lipinski definition) is 2. The molecule has 0 aliphatic heterocycles. The van der Waals surface area contributed by atoms with Crippen molar-refractivity contribution in [2.24, 2.45) is 11.8 Å². The summed E-state index contributed by atoms with van der Waals surface area (Å²) < 4.78 is 0. The van der Waals surface area contributed by atoms with Gasteiger partial charge in [-0.25, -0.2) is 0 Å². The smallest absolute Gasteiger partial charge is 0.0480 e. The summed E-state index contributed by atoms with van der Waals surface area (Å²) in [5.74, 6) is 1.51. The van der Waals surface area contributed by atoms with E-state index in [0.29, 0.717) is 0 Å². The summed E-state index contributed by atoms with van der Waals surface area (Å²) in [5, 5.41) is 3.67.